The summed E-state index contributed by atoms with van der Waals surface area (Å²) in [5.41, 5.74) is 3.27. The molecule has 2 N–H and O–H groups in total. The van der Waals surface area contributed by atoms with E-state index >= 15 is 0 Å². The van der Waals surface area contributed by atoms with Gasteiger partial charge in [-0.1, -0.05) is 0 Å². The minimum Gasteiger partial charge on any atom is -0.382 e. The van der Waals surface area contributed by atoms with Crippen molar-refractivity contribution < 1.29 is 13.5 Å². The number of rotatable bonds is 6. The van der Waals surface area contributed by atoms with E-state index in [9.17, 15) is 8.78 Å². The van der Waals surface area contributed by atoms with Crippen molar-refractivity contribution in [1.29, 1.82) is 0 Å². The van der Waals surface area contributed by atoms with Crippen LogP contribution in [0.15, 0.2) is 42.7 Å². The summed E-state index contributed by atoms with van der Waals surface area (Å²) in [6.07, 6.45) is 3.69. The van der Waals surface area contributed by atoms with Gasteiger partial charge in [-0.3, -0.25) is 4.90 Å². The molecule has 168 valence electrons. The molecule has 1 saturated heterocycles. The van der Waals surface area contributed by atoms with E-state index in [0.29, 0.717) is 18.0 Å². The number of hydrogen-bond acceptors (Lipinski definition) is 6. The summed E-state index contributed by atoms with van der Waals surface area (Å²) in [7, 11) is 0. The summed E-state index contributed by atoms with van der Waals surface area (Å²) in [6, 6.07) is 10.5. The van der Waals surface area contributed by atoms with E-state index in [0.717, 1.165) is 62.1 Å². The molecule has 2 aromatic carbocycles. The van der Waals surface area contributed by atoms with Gasteiger partial charge in [-0.2, -0.15) is 4.98 Å². The van der Waals surface area contributed by atoms with Crippen LogP contribution in [0.2, 0.25) is 0 Å². The number of benzene rings is 2. The highest BCUT2D eigenvalue weighted by Gasteiger charge is 2.34. The molecule has 7 nitrogen and oxygen atoms in total. The highest BCUT2D eigenvalue weighted by Crippen LogP contribution is 2.30. The van der Waals surface area contributed by atoms with Crippen molar-refractivity contribution in [2.24, 2.45) is 0 Å². The lowest BCUT2D eigenvalue weighted by molar-refractivity contribution is -0.00436. The van der Waals surface area contributed by atoms with E-state index < -0.39 is 11.6 Å². The van der Waals surface area contributed by atoms with Gasteiger partial charge in [0.25, 0.3) is 0 Å². The Hall–Kier alpha value is -3.04. The number of ether oxygens (including phenoxy) is 1. The maximum absolute atomic E-state index is 13.5. The zero-order chi connectivity index (χ0) is 22.1. The minimum absolute atomic E-state index is 0.273. The molecule has 0 spiro atoms. The molecule has 5 rings (SSSR count). The second-order valence-corrected chi connectivity index (χ2v) is 8.47. The standard InChI is InChI=1S/C23H26F2N6O/c1-15-6-18(27-20-12-21(13-20)30-2-4-32-5-3-30)11-19(7-15)28-23-26-14-31(29-23)22-9-16(24)8-17(25)10-22/h6-11,14,20-21,27H,2-5,12-13H2,1H3,(H,28,29)/t20-,21+. The van der Waals surface area contributed by atoms with Gasteiger partial charge >= 0.3 is 0 Å². The molecule has 1 aliphatic carbocycles. The quantitative estimate of drug-likeness (QED) is 0.607. The van der Waals surface area contributed by atoms with Crippen LogP contribution in [-0.4, -0.2) is 58.1 Å². The Labute approximate surface area is 185 Å². The molecular formula is C23H26F2N6O. The highest BCUT2D eigenvalue weighted by molar-refractivity contribution is 5.63. The maximum atomic E-state index is 13.5. The van der Waals surface area contributed by atoms with Crippen molar-refractivity contribution >= 4 is 17.3 Å². The molecule has 0 amide bonds. The molecule has 0 bridgehead atoms. The topological polar surface area (TPSA) is 67.2 Å². The third-order valence-electron chi connectivity index (χ3n) is 5.98. The number of morpholine rings is 1. The number of anilines is 3. The number of aryl methyl sites for hydroxylation is 1. The van der Waals surface area contributed by atoms with Crippen molar-refractivity contribution in [3.8, 4) is 5.69 Å². The van der Waals surface area contributed by atoms with Crippen LogP contribution in [-0.2, 0) is 4.74 Å². The predicted molar refractivity (Wildman–Crippen MR) is 119 cm³/mol. The molecule has 2 fully saturated rings. The van der Waals surface area contributed by atoms with E-state index in [1.54, 1.807) is 0 Å². The van der Waals surface area contributed by atoms with E-state index in [-0.39, 0.29) is 5.69 Å². The summed E-state index contributed by atoms with van der Waals surface area (Å²) in [4.78, 5) is 6.74. The molecule has 32 heavy (non-hydrogen) atoms. The number of nitrogens with one attached hydrogen (secondary N) is 2. The van der Waals surface area contributed by atoms with Gasteiger partial charge in [0, 0.05) is 42.6 Å². The largest absolute Gasteiger partial charge is 0.382 e. The summed E-state index contributed by atoms with van der Waals surface area (Å²) in [6.45, 7) is 5.75. The molecule has 1 aromatic heterocycles. The Bertz CT molecular complexity index is 1070. The van der Waals surface area contributed by atoms with Gasteiger partial charge in [-0.25, -0.2) is 13.5 Å². The number of hydrogen-bond donors (Lipinski definition) is 2. The average molecular weight is 440 g/mol. The lowest BCUT2D eigenvalue weighted by atomic mass is 9.85. The van der Waals surface area contributed by atoms with Gasteiger partial charge in [-0.05, 0) is 55.7 Å². The highest BCUT2D eigenvalue weighted by atomic mass is 19.1. The zero-order valence-electron chi connectivity index (χ0n) is 17.9. The Morgan fingerprint density at radius 2 is 1.69 bits per heavy atom. The number of nitrogens with zero attached hydrogens (tertiary/aromatic N) is 4. The van der Waals surface area contributed by atoms with Gasteiger partial charge < -0.3 is 15.4 Å². The lowest BCUT2D eigenvalue weighted by Gasteiger charge is -2.45. The summed E-state index contributed by atoms with van der Waals surface area (Å²) in [5.74, 6) is -0.972. The van der Waals surface area contributed by atoms with Gasteiger partial charge in [-0.15, -0.1) is 5.10 Å². The molecule has 0 atom stereocenters. The van der Waals surface area contributed by atoms with Crippen molar-refractivity contribution in [3.05, 3.63) is 59.9 Å². The molecule has 2 aliphatic rings. The molecule has 1 aliphatic heterocycles. The molecule has 0 unspecified atom stereocenters. The van der Waals surface area contributed by atoms with Gasteiger partial charge in [0.05, 0.1) is 18.9 Å². The molecule has 0 radical (unpaired) electrons. The van der Waals surface area contributed by atoms with Crippen molar-refractivity contribution in [1.82, 2.24) is 19.7 Å². The molecular weight excluding hydrogens is 414 g/mol. The lowest BCUT2D eigenvalue weighted by Crippen LogP contribution is -2.53. The van der Waals surface area contributed by atoms with E-state index in [2.05, 4.69) is 31.7 Å². The van der Waals surface area contributed by atoms with E-state index in [1.807, 2.05) is 19.1 Å². The SMILES string of the molecule is Cc1cc(Nc2ncn(-c3cc(F)cc(F)c3)n2)cc(N[C@H]2C[C@@H](N3CCOCC3)C2)c1. The fourth-order valence-corrected chi connectivity index (χ4v) is 4.37. The van der Waals surface area contributed by atoms with Crippen LogP contribution in [0.3, 0.4) is 0 Å². The number of halogens is 2. The third kappa shape index (κ3) is 4.73. The van der Waals surface area contributed by atoms with Crippen LogP contribution in [0.4, 0.5) is 26.1 Å². The van der Waals surface area contributed by atoms with Crippen molar-refractivity contribution in [3.63, 3.8) is 0 Å². The predicted octanol–water partition coefficient (Wildman–Crippen LogP) is 3.87. The first kappa shape index (κ1) is 20.8. The van der Waals surface area contributed by atoms with Gasteiger partial charge in [0.1, 0.15) is 18.0 Å². The van der Waals surface area contributed by atoms with Gasteiger partial charge in [0.2, 0.25) is 5.95 Å². The fraction of sp³-hybridized carbons (Fsp3) is 0.391. The van der Waals surface area contributed by atoms with Crippen molar-refractivity contribution in [2.75, 3.05) is 36.9 Å². The van der Waals surface area contributed by atoms with Crippen molar-refractivity contribution in [2.45, 2.75) is 31.8 Å². The normalized spacial score (nSPS) is 21.2. The first-order chi connectivity index (χ1) is 15.5. The average Bonchev–Trinajstić information content (AvgIpc) is 3.18. The summed E-state index contributed by atoms with van der Waals surface area (Å²) in [5, 5.41) is 11.1. The second kappa shape index (κ2) is 8.84. The first-order valence-corrected chi connectivity index (χ1v) is 10.9. The molecule has 2 heterocycles. The van der Waals surface area contributed by atoms with Crippen LogP contribution in [0.25, 0.3) is 5.69 Å². The monoisotopic (exact) mass is 440 g/mol. The van der Waals surface area contributed by atoms with Crippen LogP contribution in [0, 0.1) is 18.6 Å². The maximum Gasteiger partial charge on any atom is 0.246 e. The molecule has 9 heteroatoms. The Morgan fingerprint density at radius 3 is 2.44 bits per heavy atom. The fourth-order valence-electron chi connectivity index (χ4n) is 4.37. The summed E-state index contributed by atoms with van der Waals surface area (Å²) >= 11 is 0. The number of aromatic nitrogens is 3. The smallest absolute Gasteiger partial charge is 0.246 e. The molecule has 3 aromatic rings. The Morgan fingerprint density at radius 1 is 0.969 bits per heavy atom. The van der Waals surface area contributed by atoms with E-state index in [1.165, 1.54) is 23.1 Å². The molecule has 1 saturated carbocycles. The van der Waals surface area contributed by atoms with Crippen LogP contribution in [0.5, 0.6) is 0 Å². The summed E-state index contributed by atoms with van der Waals surface area (Å²) < 4.78 is 33.8. The van der Waals surface area contributed by atoms with Crippen LogP contribution >= 0.6 is 0 Å². The van der Waals surface area contributed by atoms with E-state index in [4.69, 9.17) is 4.74 Å². The zero-order valence-corrected chi connectivity index (χ0v) is 17.9. The Kier molecular flexibility index (Phi) is 5.75. The first-order valence-electron chi connectivity index (χ1n) is 10.9. The van der Waals surface area contributed by atoms with Gasteiger partial charge in [0.15, 0.2) is 0 Å². The van der Waals surface area contributed by atoms with Crippen LogP contribution < -0.4 is 10.6 Å². The Balaban J connectivity index is 1.22. The second-order valence-electron chi connectivity index (χ2n) is 8.47. The minimum atomic E-state index is -0.661. The van der Waals surface area contributed by atoms with Crippen LogP contribution in [0.1, 0.15) is 18.4 Å². The third-order valence-corrected chi connectivity index (χ3v) is 5.98.